The summed E-state index contributed by atoms with van der Waals surface area (Å²) in [5.41, 5.74) is 4.26. The van der Waals surface area contributed by atoms with Gasteiger partial charge in [-0.3, -0.25) is 4.79 Å². The van der Waals surface area contributed by atoms with E-state index in [2.05, 4.69) is 20.7 Å². The Labute approximate surface area is 170 Å². The molecule has 0 unspecified atom stereocenters. The van der Waals surface area contributed by atoms with Gasteiger partial charge in [0.2, 0.25) is 0 Å². The van der Waals surface area contributed by atoms with Gasteiger partial charge in [0.1, 0.15) is 0 Å². The van der Waals surface area contributed by atoms with Gasteiger partial charge in [0.25, 0.3) is 17.4 Å². The van der Waals surface area contributed by atoms with Crippen molar-refractivity contribution in [3.63, 3.8) is 0 Å². The summed E-state index contributed by atoms with van der Waals surface area (Å²) in [4.78, 5) is 12.0. The number of hydrazone groups is 1. The fourth-order valence-electron chi connectivity index (χ4n) is 2.62. The Morgan fingerprint density at radius 1 is 1.25 bits per heavy atom. The van der Waals surface area contributed by atoms with Crippen LogP contribution in [0.25, 0.3) is 0 Å². The van der Waals surface area contributed by atoms with E-state index in [0.717, 1.165) is 21.8 Å². The summed E-state index contributed by atoms with van der Waals surface area (Å²) in [6.45, 7) is 12.1. The quantitative estimate of drug-likeness (QED) is 0.346. The zero-order valence-corrected chi connectivity index (χ0v) is 18.4. The summed E-state index contributed by atoms with van der Waals surface area (Å²) in [5.74, 6) is 0.0706. The average Bonchev–Trinajstić information content (AvgIpc) is 2.97. The van der Waals surface area contributed by atoms with Crippen molar-refractivity contribution in [2.24, 2.45) is 12.1 Å². The molecule has 0 spiro atoms. The number of hydrogen-bond acceptors (Lipinski definition) is 5. The number of benzene rings is 1. The van der Waals surface area contributed by atoms with Gasteiger partial charge >= 0.3 is 0 Å². The third-order valence-corrected chi connectivity index (χ3v) is 5.24. The number of aryl methyl sites for hydroxylation is 1. The Morgan fingerprint density at radius 3 is 2.29 bits per heavy atom. The Hall–Kier alpha value is -2.35. The number of carbonyl (C=O) groups is 1. The number of rotatable bonds is 5. The normalized spacial score (nSPS) is 12.5. The highest BCUT2D eigenvalue weighted by Crippen LogP contribution is 2.37. The number of carbonyl (C=O) groups excluding carboxylic acids is 1. The number of aromatic nitrogens is 3. The first-order chi connectivity index (χ1) is 12.9. The summed E-state index contributed by atoms with van der Waals surface area (Å²) >= 11 is 1.34. The minimum absolute atomic E-state index is 0.0741. The van der Waals surface area contributed by atoms with Crippen LogP contribution >= 0.6 is 11.8 Å². The van der Waals surface area contributed by atoms with E-state index in [1.54, 1.807) is 17.1 Å². The van der Waals surface area contributed by atoms with E-state index in [1.165, 1.54) is 11.8 Å². The largest absolute Gasteiger partial charge is 0.872 e. The molecule has 1 amide bonds. The molecule has 2 N–H and O–H groups in total. The highest BCUT2D eigenvalue weighted by atomic mass is 32.2. The highest BCUT2D eigenvalue weighted by Gasteiger charge is 2.22. The van der Waals surface area contributed by atoms with Crippen LogP contribution in [0.4, 0.5) is 0 Å². The lowest BCUT2D eigenvalue weighted by Gasteiger charge is -2.33. The number of thioether (sulfide) groups is 1. The van der Waals surface area contributed by atoms with E-state index in [9.17, 15) is 9.90 Å². The molecule has 2 aromatic rings. The number of H-pyrrole nitrogens is 1. The van der Waals surface area contributed by atoms with Crippen LogP contribution in [-0.4, -0.2) is 28.1 Å². The molecule has 0 aliphatic rings. The maximum atomic E-state index is 12.9. The van der Waals surface area contributed by atoms with Crippen LogP contribution in [0.15, 0.2) is 28.7 Å². The summed E-state index contributed by atoms with van der Waals surface area (Å²) in [7, 11) is 1.85. The number of aromatic amines is 1. The maximum absolute atomic E-state index is 12.9. The average molecular weight is 404 g/mol. The smallest absolute Gasteiger partial charge is 0.293 e. The molecule has 0 saturated heterocycles. The highest BCUT2D eigenvalue weighted by molar-refractivity contribution is 7.99. The van der Waals surface area contributed by atoms with Crippen LogP contribution in [0.2, 0.25) is 0 Å². The molecule has 28 heavy (non-hydrogen) atoms. The van der Waals surface area contributed by atoms with Crippen molar-refractivity contribution >= 4 is 23.9 Å². The second-order valence-corrected chi connectivity index (χ2v) is 9.76. The van der Waals surface area contributed by atoms with Gasteiger partial charge in [-0.2, -0.15) is 5.10 Å². The third-order valence-electron chi connectivity index (χ3n) is 4.18. The lowest BCUT2D eigenvalue weighted by atomic mass is 9.78. The Balaban J connectivity index is 2.14. The molecule has 0 atom stereocenters. The molecule has 8 heteroatoms. The monoisotopic (exact) mass is 403 g/mol. The number of hydrogen-bond donors (Lipinski definition) is 2. The standard InChI is InChI=1S/C20H29N5O2S/c1-19(2,3)14-8-13(9-15(17(14)27)20(4,5)6)10-21-23-16(26)11-28-18-24-22-12-25(18)7/h8-10,12H,11H2,1-7H3,(H2,21,23,26,27). The summed E-state index contributed by atoms with van der Waals surface area (Å²) in [6, 6.07) is 3.71. The molecule has 0 aliphatic carbocycles. The Morgan fingerprint density at radius 2 is 1.82 bits per heavy atom. The second kappa shape index (κ2) is 8.34. The summed E-state index contributed by atoms with van der Waals surface area (Å²) < 4.78 is 1.80. The van der Waals surface area contributed by atoms with E-state index in [-0.39, 0.29) is 28.2 Å². The van der Waals surface area contributed by atoms with E-state index in [4.69, 9.17) is 0 Å². The van der Waals surface area contributed by atoms with E-state index in [0.29, 0.717) is 0 Å². The van der Waals surface area contributed by atoms with Crippen molar-refractivity contribution < 1.29 is 14.5 Å². The first-order valence-electron chi connectivity index (χ1n) is 9.09. The Kier molecular flexibility index (Phi) is 6.54. The fourth-order valence-corrected chi connectivity index (χ4v) is 3.32. The number of amides is 1. The van der Waals surface area contributed by atoms with Crippen molar-refractivity contribution in [1.82, 2.24) is 15.6 Å². The van der Waals surface area contributed by atoms with Crippen molar-refractivity contribution in [2.45, 2.75) is 57.5 Å². The van der Waals surface area contributed by atoms with Crippen LogP contribution < -0.4 is 15.1 Å². The molecule has 0 saturated carbocycles. The van der Waals surface area contributed by atoms with Crippen molar-refractivity contribution in [3.8, 4) is 5.75 Å². The SMILES string of the molecule is C[n+]1cn[nH]c1SCC(=O)NN=Cc1cc(C(C)(C)C)c([O-])c(C(C)(C)C)c1. The van der Waals surface area contributed by atoms with Gasteiger partial charge in [-0.25, -0.2) is 9.99 Å². The van der Waals surface area contributed by atoms with Crippen molar-refractivity contribution in [1.29, 1.82) is 0 Å². The number of nitrogens with zero attached hydrogens (tertiary/aromatic N) is 3. The third kappa shape index (κ3) is 5.58. The van der Waals surface area contributed by atoms with Crippen molar-refractivity contribution in [3.05, 3.63) is 35.2 Å². The predicted molar refractivity (Wildman–Crippen MR) is 110 cm³/mol. The van der Waals surface area contributed by atoms with E-state index >= 15 is 0 Å². The van der Waals surface area contributed by atoms with Gasteiger partial charge in [0, 0.05) is 5.10 Å². The maximum Gasteiger partial charge on any atom is 0.293 e. The zero-order chi connectivity index (χ0) is 21.1. The second-order valence-electron chi connectivity index (χ2n) is 8.80. The zero-order valence-electron chi connectivity index (χ0n) is 17.6. The van der Waals surface area contributed by atoms with E-state index in [1.807, 2.05) is 60.7 Å². The molecule has 0 aliphatic heterocycles. The molecule has 2 rings (SSSR count). The fraction of sp³-hybridized carbons (Fsp3) is 0.500. The molecule has 1 heterocycles. The molecule has 1 aromatic heterocycles. The molecule has 0 bridgehead atoms. The van der Waals surface area contributed by atoms with E-state index < -0.39 is 0 Å². The van der Waals surface area contributed by atoms with Gasteiger partial charge in [0.15, 0.2) is 0 Å². The van der Waals surface area contributed by atoms with Gasteiger partial charge in [0.05, 0.1) is 19.0 Å². The lowest BCUT2D eigenvalue weighted by molar-refractivity contribution is -0.709. The molecule has 1 aromatic carbocycles. The van der Waals surface area contributed by atoms with Gasteiger partial charge in [-0.15, -0.1) is 10.8 Å². The summed E-state index contributed by atoms with van der Waals surface area (Å²) in [5, 5.41) is 24.5. The molecular formula is C20H29N5O2S. The number of nitrogens with one attached hydrogen (secondary N) is 2. The van der Waals surface area contributed by atoms with Gasteiger partial charge in [-0.1, -0.05) is 53.7 Å². The minimum Gasteiger partial charge on any atom is -0.872 e. The van der Waals surface area contributed by atoms with Crippen molar-refractivity contribution in [2.75, 3.05) is 5.75 Å². The van der Waals surface area contributed by atoms with Gasteiger partial charge in [-0.05, 0) is 39.3 Å². The predicted octanol–water partition coefficient (Wildman–Crippen LogP) is 2.15. The molecule has 0 fully saturated rings. The van der Waals surface area contributed by atoms with Crippen LogP contribution in [0.3, 0.4) is 0 Å². The first-order valence-corrected chi connectivity index (χ1v) is 10.1. The van der Waals surface area contributed by atoms with Crippen LogP contribution in [-0.2, 0) is 22.7 Å². The Bertz CT molecular complexity index is 840. The van der Waals surface area contributed by atoms with Crippen LogP contribution in [0.5, 0.6) is 5.75 Å². The molecular weight excluding hydrogens is 374 g/mol. The lowest BCUT2D eigenvalue weighted by Crippen LogP contribution is -2.28. The summed E-state index contributed by atoms with van der Waals surface area (Å²) in [6.07, 6.45) is 3.22. The van der Waals surface area contributed by atoms with Crippen LogP contribution in [0, 0.1) is 0 Å². The van der Waals surface area contributed by atoms with Crippen LogP contribution in [0.1, 0.15) is 58.2 Å². The topological polar surface area (TPSA) is 97.1 Å². The molecule has 0 radical (unpaired) electrons. The van der Waals surface area contributed by atoms with Gasteiger partial charge < -0.3 is 5.11 Å². The molecule has 7 nitrogen and oxygen atoms in total. The molecule has 152 valence electrons. The first kappa shape index (κ1) is 21.9. The minimum atomic E-state index is -0.277.